The third-order valence-corrected chi connectivity index (χ3v) is 4.77. The molecule has 2 heterocycles. The van der Waals surface area contributed by atoms with Crippen LogP contribution < -0.4 is 19.6 Å². The summed E-state index contributed by atoms with van der Waals surface area (Å²) in [6.07, 6.45) is 3.22. The van der Waals surface area contributed by atoms with Crippen molar-refractivity contribution in [2.24, 2.45) is 0 Å². The van der Waals surface area contributed by atoms with Crippen LogP contribution in [0.15, 0.2) is 39.5 Å². The standard InChI is InChI=1S/C22H24O6/c1-3-4-5-9-25-18-10-14(26-12-15-13-27-15)11-19-20(18)21(23)16-7-6-8-17(24-2)22(16)28-19/h6-8,10-11,15H,3-5,9,12-13H2,1-2H3. The molecule has 6 nitrogen and oxygen atoms in total. The fraction of sp³-hybridized carbons (Fsp3) is 0.409. The van der Waals surface area contributed by atoms with Gasteiger partial charge in [0.15, 0.2) is 11.3 Å². The lowest BCUT2D eigenvalue weighted by Gasteiger charge is -2.13. The molecule has 6 heteroatoms. The second-order valence-corrected chi connectivity index (χ2v) is 6.88. The van der Waals surface area contributed by atoms with Crippen LogP contribution in [0.25, 0.3) is 21.9 Å². The molecule has 0 spiro atoms. The van der Waals surface area contributed by atoms with Crippen LogP contribution >= 0.6 is 0 Å². The number of methoxy groups -OCH3 is 1. The Morgan fingerprint density at radius 1 is 1.14 bits per heavy atom. The second kappa shape index (κ2) is 8.10. The molecule has 0 aliphatic carbocycles. The number of hydrogen-bond acceptors (Lipinski definition) is 6. The van der Waals surface area contributed by atoms with Crippen molar-refractivity contribution in [2.45, 2.75) is 32.3 Å². The third-order valence-electron chi connectivity index (χ3n) is 4.77. The van der Waals surface area contributed by atoms with Gasteiger partial charge in [-0.3, -0.25) is 4.79 Å². The minimum absolute atomic E-state index is 0.133. The first-order valence-electron chi connectivity index (χ1n) is 9.66. The van der Waals surface area contributed by atoms with E-state index >= 15 is 0 Å². The monoisotopic (exact) mass is 384 g/mol. The van der Waals surface area contributed by atoms with Gasteiger partial charge in [-0.1, -0.05) is 25.8 Å². The van der Waals surface area contributed by atoms with E-state index in [1.807, 2.05) is 0 Å². The molecule has 4 rings (SSSR count). The number of epoxide rings is 1. The van der Waals surface area contributed by atoms with Crippen molar-refractivity contribution >= 4 is 21.9 Å². The van der Waals surface area contributed by atoms with E-state index in [4.69, 9.17) is 23.4 Å². The first kappa shape index (κ1) is 18.6. The van der Waals surface area contributed by atoms with Gasteiger partial charge in [0, 0.05) is 12.1 Å². The van der Waals surface area contributed by atoms with Crippen LogP contribution in [0.1, 0.15) is 26.2 Å². The van der Waals surface area contributed by atoms with Crippen molar-refractivity contribution in [2.75, 3.05) is 26.9 Å². The number of unbranched alkanes of at least 4 members (excludes halogenated alkanes) is 2. The van der Waals surface area contributed by atoms with E-state index in [1.54, 1.807) is 37.4 Å². The van der Waals surface area contributed by atoms with Crippen molar-refractivity contribution in [1.82, 2.24) is 0 Å². The Morgan fingerprint density at radius 3 is 2.75 bits per heavy atom. The van der Waals surface area contributed by atoms with Gasteiger partial charge in [-0.2, -0.15) is 0 Å². The smallest absolute Gasteiger partial charge is 0.204 e. The number of rotatable bonds is 9. The summed E-state index contributed by atoms with van der Waals surface area (Å²) in [5, 5.41) is 0.887. The summed E-state index contributed by atoms with van der Waals surface area (Å²) >= 11 is 0. The fourth-order valence-corrected chi connectivity index (χ4v) is 3.16. The van der Waals surface area contributed by atoms with Crippen LogP contribution in [0.4, 0.5) is 0 Å². The molecule has 1 unspecified atom stereocenters. The van der Waals surface area contributed by atoms with Crippen molar-refractivity contribution < 1.29 is 23.4 Å². The van der Waals surface area contributed by atoms with Gasteiger partial charge in [0.05, 0.1) is 25.7 Å². The predicted octanol–water partition coefficient (Wildman–Crippen LogP) is 4.30. The summed E-state index contributed by atoms with van der Waals surface area (Å²) in [4.78, 5) is 13.2. The van der Waals surface area contributed by atoms with Crippen molar-refractivity contribution in [3.8, 4) is 17.2 Å². The number of fused-ring (bicyclic) bond motifs is 2. The summed E-state index contributed by atoms with van der Waals surface area (Å²) in [7, 11) is 1.55. The van der Waals surface area contributed by atoms with E-state index in [0.29, 0.717) is 59.0 Å². The van der Waals surface area contributed by atoms with Gasteiger partial charge in [0.1, 0.15) is 35.2 Å². The molecule has 0 N–H and O–H groups in total. The lowest BCUT2D eigenvalue weighted by Crippen LogP contribution is -2.08. The molecule has 1 atom stereocenters. The highest BCUT2D eigenvalue weighted by Crippen LogP contribution is 2.34. The number of hydrogen-bond donors (Lipinski definition) is 0. The van der Waals surface area contributed by atoms with Gasteiger partial charge in [0.25, 0.3) is 0 Å². The maximum Gasteiger partial charge on any atom is 0.204 e. The zero-order valence-electron chi connectivity index (χ0n) is 16.2. The molecule has 1 aliphatic heterocycles. The highest BCUT2D eigenvalue weighted by molar-refractivity contribution is 5.95. The molecular formula is C22H24O6. The molecule has 148 valence electrons. The number of ether oxygens (including phenoxy) is 4. The third kappa shape index (κ3) is 3.78. The zero-order valence-corrected chi connectivity index (χ0v) is 16.2. The van der Waals surface area contributed by atoms with E-state index in [2.05, 4.69) is 6.92 Å². The van der Waals surface area contributed by atoms with Crippen LogP contribution in [-0.4, -0.2) is 33.0 Å². The minimum atomic E-state index is -0.141. The van der Waals surface area contributed by atoms with Gasteiger partial charge < -0.3 is 23.4 Å². The maximum atomic E-state index is 13.2. The summed E-state index contributed by atoms with van der Waals surface area (Å²) in [5.74, 6) is 1.59. The Morgan fingerprint density at radius 2 is 2.00 bits per heavy atom. The quantitative estimate of drug-likeness (QED) is 0.311. The summed E-state index contributed by atoms with van der Waals surface area (Å²) < 4.78 is 28.4. The highest BCUT2D eigenvalue weighted by Gasteiger charge is 2.24. The van der Waals surface area contributed by atoms with E-state index in [0.717, 1.165) is 19.3 Å². The molecule has 28 heavy (non-hydrogen) atoms. The summed E-state index contributed by atoms with van der Waals surface area (Å²) in [6.45, 7) is 3.85. The second-order valence-electron chi connectivity index (χ2n) is 6.88. The molecule has 0 amide bonds. The first-order valence-corrected chi connectivity index (χ1v) is 9.66. The van der Waals surface area contributed by atoms with Gasteiger partial charge >= 0.3 is 0 Å². The van der Waals surface area contributed by atoms with E-state index in [9.17, 15) is 4.79 Å². The Labute approximate surface area is 162 Å². The van der Waals surface area contributed by atoms with Gasteiger partial charge in [-0.25, -0.2) is 0 Å². The Bertz CT molecular complexity index is 1030. The van der Waals surface area contributed by atoms with E-state index in [1.165, 1.54) is 0 Å². The average molecular weight is 384 g/mol. The van der Waals surface area contributed by atoms with E-state index < -0.39 is 0 Å². The number of benzene rings is 2. The molecule has 2 aromatic carbocycles. The molecule has 1 aliphatic rings. The van der Waals surface area contributed by atoms with E-state index in [-0.39, 0.29) is 11.5 Å². The number of para-hydroxylation sites is 1. The topological polar surface area (TPSA) is 70.4 Å². The predicted molar refractivity (Wildman–Crippen MR) is 107 cm³/mol. The van der Waals surface area contributed by atoms with Crippen molar-refractivity contribution in [1.29, 1.82) is 0 Å². The Kier molecular flexibility index (Phi) is 5.39. The van der Waals surface area contributed by atoms with Crippen LogP contribution in [0.2, 0.25) is 0 Å². The average Bonchev–Trinajstić information content (AvgIpc) is 3.53. The van der Waals surface area contributed by atoms with Crippen molar-refractivity contribution in [3.05, 3.63) is 40.6 Å². The van der Waals surface area contributed by atoms with Gasteiger partial charge in [-0.15, -0.1) is 0 Å². The Hall–Kier alpha value is -2.73. The molecule has 1 fully saturated rings. The summed E-state index contributed by atoms with van der Waals surface area (Å²) in [6, 6.07) is 8.77. The molecular weight excluding hydrogens is 360 g/mol. The highest BCUT2D eigenvalue weighted by atomic mass is 16.6. The molecule has 3 aromatic rings. The van der Waals surface area contributed by atoms with Crippen LogP contribution in [0.5, 0.6) is 17.2 Å². The SMILES string of the molecule is CCCCCOc1cc(OCC2CO2)cc2oc3c(OC)cccc3c(=O)c12. The summed E-state index contributed by atoms with van der Waals surface area (Å²) in [5.41, 5.74) is 0.696. The van der Waals surface area contributed by atoms with Gasteiger partial charge in [0.2, 0.25) is 5.43 Å². The van der Waals surface area contributed by atoms with Crippen LogP contribution in [-0.2, 0) is 4.74 Å². The van der Waals surface area contributed by atoms with Crippen LogP contribution in [0, 0.1) is 0 Å². The molecule has 0 bridgehead atoms. The first-order chi connectivity index (χ1) is 13.7. The lowest BCUT2D eigenvalue weighted by atomic mass is 10.1. The molecule has 0 radical (unpaired) electrons. The minimum Gasteiger partial charge on any atom is -0.493 e. The maximum absolute atomic E-state index is 13.2. The van der Waals surface area contributed by atoms with Crippen molar-refractivity contribution in [3.63, 3.8) is 0 Å². The largest absolute Gasteiger partial charge is 0.493 e. The Balaban J connectivity index is 1.81. The lowest BCUT2D eigenvalue weighted by molar-refractivity contribution is 0.260. The normalized spacial score (nSPS) is 15.7. The fourth-order valence-electron chi connectivity index (χ4n) is 3.16. The molecule has 1 saturated heterocycles. The van der Waals surface area contributed by atoms with Gasteiger partial charge in [-0.05, 0) is 18.6 Å². The zero-order chi connectivity index (χ0) is 19.5. The molecule has 0 saturated carbocycles. The molecule has 1 aromatic heterocycles. The van der Waals surface area contributed by atoms with Crippen LogP contribution in [0.3, 0.4) is 0 Å².